The fraction of sp³-hybridized carbons (Fsp3) is 0.400. The number of benzene rings is 1. The predicted molar refractivity (Wildman–Crippen MR) is 150 cm³/mol. The molecule has 0 aliphatic heterocycles. The Morgan fingerprint density at radius 3 is 1.84 bits per heavy atom. The molecular formula is C25H44AlMoN3Si2-2. The normalized spacial score (nSPS) is 14.4. The molecule has 0 saturated carbocycles. The molecule has 1 aromatic carbocycles. The van der Waals surface area contributed by atoms with Gasteiger partial charge in [-0.3, -0.25) is 0 Å². The second-order valence-electron chi connectivity index (χ2n) is 9.54. The summed E-state index contributed by atoms with van der Waals surface area (Å²) in [7, 11) is -2.79. The van der Waals surface area contributed by atoms with Crippen molar-refractivity contribution < 1.29 is 19.4 Å². The van der Waals surface area contributed by atoms with E-state index in [0.717, 1.165) is 18.5 Å². The van der Waals surface area contributed by atoms with Crippen molar-refractivity contribution in [1.82, 2.24) is 3.55 Å². The zero-order chi connectivity index (χ0) is 24.1. The van der Waals surface area contributed by atoms with Gasteiger partial charge in [0, 0.05) is 17.8 Å². The Morgan fingerprint density at radius 1 is 0.969 bits per heavy atom. The Bertz CT molecular complexity index is 728. The topological polar surface area (TPSA) is 20.0 Å². The van der Waals surface area contributed by atoms with E-state index in [1.165, 1.54) is 11.4 Å². The Hall–Kier alpha value is -0.205. The summed E-state index contributed by atoms with van der Waals surface area (Å²) in [5.41, 5.74) is 3.63. The molecular weight excluding hydrogens is 521 g/mol. The van der Waals surface area contributed by atoms with E-state index in [-0.39, 0.29) is 7.43 Å². The molecule has 0 spiro atoms. The van der Waals surface area contributed by atoms with E-state index < -0.39 is 30.8 Å². The number of hydrogen-bond donors (Lipinski definition) is 0. The van der Waals surface area contributed by atoms with Crippen molar-refractivity contribution in [2.75, 3.05) is 0 Å². The van der Waals surface area contributed by atoms with Gasteiger partial charge in [0.05, 0.1) is 0 Å². The third kappa shape index (κ3) is 14.8. The molecule has 1 aromatic rings. The van der Waals surface area contributed by atoms with Gasteiger partial charge in [-0.15, -0.1) is 0 Å². The first-order valence-corrected chi connectivity index (χ1v) is 21.6. The Labute approximate surface area is 218 Å². The summed E-state index contributed by atoms with van der Waals surface area (Å²) >= 11 is 0.841. The third-order valence-corrected chi connectivity index (χ3v) is 12.2. The molecule has 0 unspecified atom stereocenters. The van der Waals surface area contributed by atoms with Crippen molar-refractivity contribution in [3.05, 3.63) is 86.0 Å². The van der Waals surface area contributed by atoms with Crippen LogP contribution in [0.4, 0.5) is 5.69 Å². The van der Waals surface area contributed by atoms with Crippen LogP contribution in [-0.2, 0) is 19.4 Å². The standard InChI is InChI=1S/C12H22N2Si2.C6H5N.C4H8.3CH3.Al.Mo/c1-15(2,3)13-11-9-7-8-10-12(11)14-16(4,5)6;7-6-4-2-1-3-5-6;1-3-4-2;;;;;/h7-10H,1-6H3;1-5H;1-4H2;3*1H3;;/q-1;+1;-2;;;-1;+1;/b13-11+;;;;;;;. The van der Waals surface area contributed by atoms with Gasteiger partial charge in [-0.05, 0) is 32.5 Å². The number of unbranched alkanes of at least 4 members (excludes halogenated alkanes) is 1. The maximum atomic E-state index is 5.05. The summed E-state index contributed by atoms with van der Waals surface area (Å²) in [5, 5.41) is 0. The number of allylic oxidation sites excluding steroid dienone is 2. The fourth-order valence-electron chi connectivity index (χ4n) is 3.03. The molecule has 32 heavy (non-hydrogen) atoms. The van der Waals surface area contributed by atoms with Crippen LogP contribution in [-0.4, -0.2) is 40.1 Å². The van der Waals surface area contributed by atoms with Gasteiger partial charge >= 0.3 is 73.1 Å². The molecule has 178 valence electrons. The summed E-state index contributed by atoms with van der Waals surface area (Å²) in [4.78, 5) is 0. The van der Waals surface area contributed by atoms with Crippen LogP contribution in [0.3, 0.4) is 0 Å². The number of nitrogens with zero attached hydrogens (tertiary/aromatic N) is 3. The molecule has 0 atom stereocenters. The van der Waals surface area contributed by atoms with Gasteiger partial charge in [0.15, 0.2) is 8.24 Å². The van der Waals surface area contributed by atoms with Crippen molar-refractivity contribution >= 4 is 42.2 Å². The minimum atomic E-state index is -1.44. The van der Waals surface area contributed by atoms with Crippen LogP contribution < -0.4 is 0 Å². The van der Waals surface area contributed by atoms with Gasteiger partial charge in [0.25, 0.3) is 0 Å². The van der Waals surface area contributed by atoms with Crippen LogP contribution >= 0.6 is 0 Å². The van der Waals surface area contributed by atoms with E-state index >= 15 is 0 Å². The average molecular weight is 566 g/mol. The van der Waals surface area contributed by atoms with Crippen LogP contribution in [0.2, 0.25) is 50.9 Å². The Balaban J connectivity index is 0. The van der Waals surface area contributed by atoms with Gasteiger partial charge < -0.3 is 29.5 Å². The second kappa shape index (κ2) is 17.3. The van der Waals surface area contributed by atoms with Crippen LogP contribution in [0.25, 0.3) is 3.31 Å². The van der Waals surface area contributed by atoms with E-state index in [1.807, 2.05) is 30.3 Å². The fourth-order valence-corrected chi connectivity index (χ4v) is 12.1. The molecule has 3 radical (unpaired) electrons. The van der Waals surface area contributed by atoms with Gasteiger partial charge in [-0.25, -0.2) is 12.8 Å². The first-order chi connectivity index (χ1) is 14.4. The maximum absolute atomic E-state index is 5.05. The van der Waals surface area contributed by atoms with Crippen molar-refractivity contribution in [2.45, 2.75) is 63.7 Å². The van der Waals surface area contributed by atoms with Crippen molar-refractivity contribution in [3.63, 3.8) is 0 Å². The molecule has 0 aromatic heterocycles. The molecule has 3 nitrogen and oxygen atoms in total. The van der Waals surface area contributed by atoms with E-state index in [0.29, 0.717) is 0 Å². The summed E-state index contributed by atoms with van der Waals surface area (Å²) in [6, 6.07) is 9.88. The molecule has 7 heteroatoms. The molecule has 2 rings (SSSR count). The first-order valence-electron chi connectivity index (χ1n) is 11.0. The SMILES string of the molecule is [CH2-]CC[CH2-].[CH3-].[CH3][Al]([CH3])[N](C1=C[CH][CH][CH]/C1=N\[Si](C)(C)C)[Si](C)(C)C.[Mo]#[N+]c1ccccc1. The van der Waals surface area contributed by atoms with Crippen molar-refractivity contribution in [3.8, 4) is 0 Å². The van der Waals surface area contributed by atoms with Crippen LogP contribution in [0.15, 0.2) is 46.8 Å². The van der Waals surface area contributed by atoms with Crippen molar-refractivity contribution in [1.29, 1.82) is 0 Å². The zero-order valence-corrected chi connectivity index (χ0v) is 27.0. The quantitative estimate of drug-likeness (QED) is 0.260. The molecule has 0 heterocycles. The van der Waals surface area contributed by atoms with E-state index in [9.17, 15) is 0 Å². The summed E-state index contributed by atoms with van der Waals surface area (Å²) in [6.07, 6.45) is 10.6. The van der Waals surface area contributed by atoms with Gasteiger partial charge in [0.2, 0.25) is 0 Å². The minimum absolute atomic E-state index is 0. The molecule has 0 N–H and O–H groups in total. The molecule has 0 amide bonds. The zero-order valence-electron chi connectivity index (χ0n) is 21.9. The molecule has 1 aliphatic carbocycles. The average Bonchev–Trinajstić information content (AvgIpc) is 2.68. The predicted octanol–water partition coefficient (Wildman–Crippen LogP) is 8.20. The van der Waals surface area contributed by atoms with E-state index in [4.69, 9.17) is 4.66 Å². The van der Waals surface area contributed by atoms with Crippen molar-refractivity contribution in [2.24, 2.45) is 4.66 Å². The van der Waals surface area contributed by atoms with E-state index in [1.54, 1.807) is 19.4 Å². The third-order valence-electron chi connectivity index (χ3n) is 3.95. The monoisotopic (exact) mass is 567 g/mol. The van der Waals surface area contributed by atoms with E-state index in [2.05, 4.69) is 96.9 Å². The van der Waals surface area contributed by atoms with Gasteiger partial charge in [-0.2, -0.15) is 0 Å². The Morgan fingerprint density at radius 2 is 1.50 bits per heavy atom. The van der Waals surface area contributed by atoms with Gasteiger partial charge in [0.1, 0.15) is 8.24 Å². The second-order valence-corrected chi connectivity index (χ2v) is 22.6. The summed E-state index contributed by atoms with van der Waals surface area (Å²) in [6.45, 7) is 21.3. The number of hydrogen-bond acceptors (Lipinski definition) is 2. The van der Waals surface area contributed by atoms with Crippen LogP contribution in [0, 0.1) is 40.5 Å². The molecule has 0 fully saturated rings. The molecule has 1 aliphatic rings. The van der Waals surface area contributed by atoms with Gasteiger partial charge in [-0.1, -0.05) is 37.3 Å². The first kappa shape index (κ1) is 34.0. The van der Waals surface area contributed by atoms with Crippen LogP contribution in [0.5, 0.6) is 0 Å². The summed E-state index contributed by atoms with van der Waals surface area (Å²) in [5.74, 6) is 4.84. The number of rotatable bonds is 5. The molecule has 0 saturated heterocycles. The van der Waals surface area contributed by atoms with Crippen LogP contribution in [0.1, 0.15) is 12.8 Å². The molecule has 0 bridgehead atoms. The summed E-state index contributed by atoms with van der Waals surface area (Å²) < 4.78 is 11.8. The Kier molecular flexibility index (Phi) is 18.3.